The molecule has 1 rings (SSSR count). The van der Waals surface area contributed by atoms with Gasteiger partial charge in [-0.05, 0) is 37.5 Å². The number of nitrogens with zero attached hydrogens (tertiary/aromatic N) is 1. The summed E-state index contributed by atoms with van der Waals surface area (Å²) in [6, 6.07) is 6.85. The molecule has 8 heteroatoms. The zero-order valence-corrected chi connectivity index (χ0v) is 14.7. The van der Waals surface area contributed by atoms with Gasteiger partial charge in [0.2, 0.25) is 0 Å². The van der Waals surface area contributed by atoms with Gasteiger partial charge in [0, 0.05) is 25.3 Å². The molecule has 0 aromatic heterocycles. The van der Waals surface area contributed by atoms with E-state index in [2.05, 4.69) is 21.2 Å². The number of urea groups is 1. The SMILES string of the molecule is CCNC(=O)COc1ccc(CCNC(=O)N/N=C\[C@@H](N)CC)cc1. The monoisotopic (exact) mass is 349 g/mol. The summed E-state index contributed by atoms with van der Waals surface area (Å²) in [5.41, 5.74) is 9.05. The molecule has 5 N–H and O–H groups in total. The Morgan fingerprint density at radius 3 is 2.60 bits per heavy atom. The molecule has 25 heavy (non-hydrogen) atoms. The molecule has 0 aliphatic heterocycles. The standard InChI is InChI=1S/C17H27N5O3/c1-3-14(18)11-21-22-17(24)20-10-9-13-5-7-15(8-6-13)25-12-16(23)19-4-2/h5-8,11,14H,3-4,9-10,12,18H2,1-2H3,(H,19,23)(H2,20,22,24)/b21-11-/t14-/m0/s1. The molecule has 0 bridgehead atoms. The summed E-state index contributed by atoms with van der Waals surface area (Å²) >= 11 is 0. The second-order valence-corrected chi connectivity index (χ2v) is 5.35. The molecular formula is C17H27N5O3. The van der Waals surface area contributed by atoms with Crippen LogP contribution in [0.2, 0.25) is 0 Å². The van der Waals surface area contributed by atoms with E-state index in [0.717, 1.165) is 12.0 Å². The van der Waals surface area contributed by atoms with Crippen molar-refractivity contribution in [3.05, 3.63) is 29.8 Å². The smallest absolute Gasteiger partial charge is 0.335 e. The largest absolute Gasteiger partial charge is 0.484 e. The van der Waals surface area contributed by atoms with E-state index in [-0.39, 0.29) is 24.6 Å². The van der Waals surface area contributed by atoms with Crippen LogP contribution in [-0.4, -0.2) is 43.9 Å². The van der Waals surface area contributed by atoms with Crippen LogP contribution in [0.25, 0.3) is 0 Å². The lowest BCUT2D eigenvalue weighted by Crippen LogP contribution is -2.34. The summed E-state index contributed by atoms with van der Waals surface area (Å²) in [6.07, 6.45) is 2.93. The van der Waals surface area contributed by atoms with Crippen molar-refractivity contribution < 1.29 is 14.3 Å². The highest BCUT2D eigenvalue weighted by Crippen LogP contribution is 2.12. The second-order valence-electron chi connectivity index (χ2n) is 5.35. The predicted molar refractivity (Wildman–Crippen MR) is 97.6 cm³/mol. The quantitative estimate of drug-likeness (QED) is 0.368. The third-order valence-electron chi connectivity index (χ3n) is 3.27. The minimum atomic E-state index is -0.374. The van der Waals surface area contributed by atoms with Gasteiger partial charge in [-0.15, -0.1) is 0 Å². The van der Waals surface area contributed by atoms with E-state index < -0.39 is 0 Å². The molecule has 1 atom stereocenters. The first-order chi connectivity index (χ1) is 12.0. The number of ether oxygens (including phenoxy) is 1. The number of nitrogens with one attached hydrogen (secondary N) is 3. The first-order valence-corrected chi connectivity index (χ1v) is 8.36. The van der Waals surface area contributed by atoms with E-state index in [4.69, 9.17) is 10.5 Å². The van der Waals surface area contributed by atoms with Crippen LogP contribution >= 0.6 is 0 Å². The topological polar surface area (TPSA) is 118 Å². The normalized spacial score (nSPS) is 11.8. The van der Waals surface area contributed by atoms with Gasteiger partial charge in [-0.2, -0.15) is 5.10 Å². The summed E-state index contributed by atoms with van der Waals surface area (Å²) in [6.45, 7) is 4.84. The maximum Gasteiger partial charge on any atom is 0.335 e. The lowest BCUT2D eigenvalue weighted by molar-refractivity contribution is -0.122. The van der Waals surface area contributed by atoms with Gasteiger partial charge in [0.15, 0.2) is 6.61 Å². The summed E-state index contributed by atoms with van der Waals surface area (Å²) in [4.78, 5) is 22.8. The van der Waals surface area contributed by atoms with Gasteiger partial charge in [0.05, 0.1) is 0 Å². The molecule has 138 valence electrons. The minimum Gasteiger partial charge on any atom is -0.484 e. The van der Waals surface area contributed by atoms with E-state index in [0.29, 0.717) is 25.3 Å². The third-order valence-corrected chi connectivity index (χ3v) is 3.27. The van der Waals surface area contributed by atoms with Crippen molar-refractivity contribution in [1.82, 2.24) is 16.1 Å². The van der Waals surface area contributed by atoms with Gasteiger partial charge in [0.1, 0.15) is 5.75 Å². The number of rotatable bonds is 10. The van der Waals surface area contributed by atoms with Crippen molar-refractivity contribution in [3.8, 4) is 5.75 Å². The van der Waals surface area contributed by atoms with Gasteiger partial charge in [-0.25, -0.2) is 10.2 Å². The minimum absolute atomic E-state index is 0.00286. The Labute approximate surface area is 148 Å². The first-order valence-electron chi connectivity index (χ1n) is 8.36. The van der Waals surface area contributed by atoms with Crippen molar-refractivity contribution in [3.63, 3.8) is 0 Å². The molecule has 0 saturated heterocycles. The van der Waals surface area contributed by atoms with Gasteiger partial charge in [-0.3, -0.25) is 4.79 Å². The second kappa shape index (κ2) is 11.9. The van der Waals surface area contributed by atoms with Crippen LogP contribution in [0.3, 0.4) is 0 Å². The summed E-state index contributed by atoms with van der Waals surface area (Å²) in [5, 5.41) is 9.13. The molecule has 0 unspecified atom stereocenters. The Bertz CT molecular complexity index is 560. The van der Waals surface area contributed by atoms with Crippen LogP contribution in [-0.2, 0) is 11.2 Å². The van der Waals surface area contributed by atoms with Crippen LogP contribution in [0.1, 0.15) is 25.8 Å². The van der Waals surface area contributed by atoms with Crippen molar-refractivity contribution in [2.45, 2.75) is 32.7 Å². The van der Waals surface area contributed by atoms with Crippen LogP contribution in [0.15, 0.2) is 29.4 Å². The van der Waals surface area contributed by atoms with Crippen LogP contribution in [0.4, 0.5) is 4.79 Å². The highest BCUT2D eigenvalue weighted by molar-refractivity contribution is 5.77. The van der Waals surface area contributed by atoms with Crippen molar-refractivity contribution in [1.29, 1.82) is 0 Å². The zero-order chi connectivity index (χ0) is 18.5. The molecule has 3 amide bonds. The molecule has 0 fully saturated rings. The van der Waals surface area contributed by atoms with Crippen LogP contribution < -0.4 is 26.5 Å². The van der Waals surface area contributed by atoms with Gasteiger partial charge >= 0.3 is 6.03 Å². The average Bonchev–Trinajstić information content (AvgIpc) is 2.61. The number of carbonyl (C=O) groups is 2. The molecule has 0 heterocycles. The maximum absolute atomic E-state index is 11.5. The molecule has 0 saturated carbocycles. The number of carbonyl (C=O) groups excluding carboxylic acids is 2. The Kier molecular flexibility index (Phi) is 9.69. The lowest BCUT2D eigenvalue weighted by atomic mass is 10.1. The third kappa shape index (κ3) is 9.31. The fourth-order valence-corrected chi connectivity index (χ4v) is 1.81. The molecule has 0 spiro atoms. The van der Waals surface area contributed by atoms with Crippen LogP contribution in [0, 0.1) is 0 Å². The number of hydrogen-bond acceptors (Lipinski definition) is 5. The Morgan fingerprint density at radius 1 is 1.24 bits per heavy atom. The van der Waals surface area contributed by atoms with E-state index in [9.17, 15) is 9.59 Å². The number of nitrogens with two attached hydrogens (primary N) is 1. The molecule has 8 nitrogen and oxygen atoms in total. The molecule has 1 aromatic carbocycles. The first kappa shape index (κ1) is 20.4. The summed E-state index contributed by atoms with van der Waals surface area (Å²) in [5.74, 6) is 0.478. The number of hydrazone groups is 1. The Morgan fingerprint density at radius 2 is 1.96 bits per heavy atom. The number of hydrogen-bond donors (Lipinski definition) is 4. The Balaban J connectivity index is 2.26. The Hall–Kier alpha value is -2.61. The van der Waals surface area contributed by atoms with Gasteiger partial charge in [0.25, 0.3) is 5.91 Å². The summed E-state index contributed by atoms with van der Waals surface area (Å²) in [7, 11) is 0. The summed E-state index contributed by atoms with van der Waals surface area (Å²) < 4.78 is 5.37. The van der Waals surface area contributed by atoms with E-state index in [1.54, 1.807) is 12.1 Å². The highest BCUT2D eigenvalue weighted by Gasteiger charge is 2.02. The highest BCUT2D eigenvalue weighted by atomic mass is 16.5. The number of likely N-dealkylation sites (N-methyl/N-ethyl adjacent to an activating group) is 1. The lowest BCUT2D eigenvalue weighted by Gasteiger charge is -2.08. The van der Waals surface area contributed by atoms with Gasteiger partial charge < -0.3 is 21.1 Å². The van der Waals surface area contributed by atoms with Crippen molar-refractivity contribution >= 4 is 18.2 Å². The number of benzene rings is 1. The van der Waals surface area contributed by atoms with Crippen molar-refractivity contribution in [2.75, 3.05) is 19.7 Å². The van der Waals surface area contributed by atoms with E-state index >= 15 is 0 Å². The number of amides is 3. The fraction of sp³-hybridized carbons (Fsp3) is 0.471. The van der Waals surface area contributed by atoms with Crippen LogP contribution in [0.5, 0.6) is 5.75 Å². The maximum atomic E-state index is 11.5. The average molecular weight is 349 g/mol. The van der Waals surface area contributed by atoms with Crippen molar-refractivity contribution in [2.24, 2.45) is 10.8 Å². The van der Waals surface area contributed by atoms with E-state index in [1.165, 1.54) is 6.21 Å². The molecule has 0 radical (unpaired) electrons. The molecular weight excluding hydrogens is 322 g/mol. The zero-order valence-electron chi connectivity index (χ0n) is 14.7. The molecule has 0 aliphatic carbocycles. The fourth-order valence-electron chi connectivity index (χ4n) is 1.81. The van der Waals surface area contributed by atoms with Gasteiger partial charge in [-0.1, -0.05) is 19.1 Å². The van der Waals surface area contributed by atoms with E-state index in [1.807, 2.05) is 26.0 Å². The molecule has 0 aliphatic rings. The predicted octanol–water partition coefficient (Wildman–Crippen LogP) is 0.766. The molecule has 1 aromatic rings.